The van der Waals surface area contributed by atoms with Crippen LogP contribution in [-0.4, -0.2) is 16.0 Å². The molecular weight excluding hydrogens is 307 g/mol. The minimum atomic E-state index is 0.354. The summed E-state index contributed by atoms with van der Waals surface area (Å²) >= 11 is 12.0. The molecule has 21 heavy (non-hydrogen) atoms. The number of rotatable bonds is 5. The highest BCUT2D eigenvalue weighted by Crippen LogP contribution is 2.25. The maximum Gasteiger partial charge on any atom is 0.136 e. The summed E-state index contributed by atoms with van der Waals surface area (Å²) in [4.78, 5) is 8.76. The molecule has 1 aromatic carbocycles. The van der Waals surface area contributed by atoms with Crippen LogP contribution in [0.1, 0.15) is 26.1 Å². The van der Waals surface area contributed by atoms with Crippen LogP contribution in [-0.2, 0) is 0 Å². The summed E-state index contributed by atoms with van der Waals surface area (Å²) in [5.74, 6) is 2.19. The Morgan fingerprint density at radius 3 is 2.29 bits per heavy atom. The van der Waals surface area contributed by atoms with E-state index in [1.54, 1.807) is 18.2 Å². The van der Waals surface area contributed by atoms with Crippen LogP contribution in [0.25, 0.3) is 0 Å². The summed E-state index contributed by atoms with van der Waals surface area (Å²) in [6, 6.07) is 7.51. The molecule has 0 aliphatic rings. The quantitative estimate of drug-likeness (QED) is 0.808. The molecule has 112 valence electrons. The molecule has 2 N–H and O–H groups in total. The average molecular weight is 325 g/mol. The lowest BCUT2D eigenvalue weighted by Gasteiger charge is -2.14. The molecule has 0 radical (unpaired) electrons. The lowest BCUT2D eigenvalue weighted by molar-refractivity contribution is 0.757. The molecule has 0 fully saturated rings. The van der Waals surface area contributed by atoms with Gasteiger partial charge in [0.2, 0.25) is 0 Å². The maximum atomic E-state index is 6.00. The van der Waals surface area contributed by atoms with Crippen LogP contribution in [0.4, 0.5) is 17.3 Å². The summed E-state index contributed by atoms with van der Waals surface area (Å²) in [5, 5.41) is 7.69. The van der Waals surface area contributed by atoms with Gasteiger partial charge in [0.05, 0.1) is 0 Å². The summed E-state index contributed by atoms with van der Waals surface area (Å²) < 4.78 is 0. The molecule has 0 spiro atoms. The van der Waals surface area contributed by atoms with Crippen LogP contribution in [0, 0.1) is 6.92 Å². The fourth-order valence-corrected chi connectivity index (χ4v) is 2.36. The summed E-state index contributed by atoms with van der Waals surface area (Å²) in [5.41, 5.74) is 0.792. The Bertz CT molecular complexity index is 611. The third-order valence-electron chi connectivity index (χ3n) is 2.98. The van der Waals surface area contributed by atoms with Gasteiger partial charge in [-0.15, -0.1) is 0 Å². The number of nitrogens with one attached hydrogen (secondary N) is 2. The third-order valence-corrected chi connectivity index (χ3v) is 3.42. The Hall–Kier alpha value is -1.52. The highest BCUT2D eigenvalue weighted by atomic mass is 35.5. The first-order valence-electron chi connectivity index (χ1n) is 6.81. The number of benzene rings is 1. The van der Waals surface area contributed by atoms with Gasteiger partial charge in [0, 0.05) is 27.8 Å². The van der Waals surface area contributed by atoms with Crippen molar-refractivity contribution in [1.82, 2.24) is 9.97 Å². The second kappa shape index (κ2) is 6.96. The molecule has 0 saturated carbocycles. The van der Waals surface area contributed by atoms with Gasteiger partial charge in [-0.25, -0.2) is 9.97 Å². The predicted molar refractivity (Wildman–Crippen MR) is 89.9 cm³/mol. The van der Waals surface area contributed by atoms with Crippen molar-refractivity contribution in [2.45, 2.75) is 33.2 Å². The van der Waals surface area contributed by atoms with Crippen molar-refractivity contribution in [3.63, 3.8) is 0 Å². The Balaban J connectivity index is 2.23. The highest BCUT2D eigenvalue weighted by Gasteiger charge is 2.06. The molecule has 1 aromatic heterocycles. The summed E-state index contributed by atoms with van der Waals surface area (Å²) in [6.45, 7) is 6.10. The van der Waals surface area contributed by atoms with Gasteiger partial charge in [-0.3, -0.25) is 0 Å². The van der Waals surface area contributed by atoms with Crippen molar-refractivity contribution in [1.29, 1.82) is 0 Å². The molecule has 2 aromatic rings. The van der Waals surface area contributed by atoms with Crippen molar-refractivity contribution in [3.8, 4) is 0 Å². The third kappa shape index (κ3) is 4.76. The number of anilines is 3. The van der Waals surface area contributed by atoms with Gasteiger partial charge in [0.15, 0.2) is 0 Å². The average Bonchev–Trinajstić information content (AvgIpc) is 2.36. The zero-order chi connectivity index (χ0) is 15.4. The topological polar surface area (TPSA) is 49.8 Å². The second-order valence-electron chi connectivity index (χ2n) is 4.92. The molecular formula is C15H18Cl2N4. The normalized spacial score (nSPS) is 12.0. The fourth-order valence-electron chi connectivity index (χ4n) is 1.83. The molecule has 4 nitrogen and oxygen atoms in total. The Kier molecular flexibility index (Phi) is 5.26. The largest absolute Gasteiger partial charge is 0.367 e. The van der Waals surface area contributed by atoms with Gasteiger partial charge >= 0.3 is 0 Å². The lowest BCUT2D eigenvalue weighted by Crippen LogP contribution is -2.15. The molecule has 0 saturated heterocycles. The van der Waals surface area contributed by atoms with E-state index in [2.05, 4.69) is 34.4 Å². The number of halogens is 2. The van der Waals surface area contributed by atoms with E-state index in [0.29, 0.717) is 27.7 Å². The first kappa shape index (κ1) is 15.9. The summed E-state index contributed by atoms with van der Waals surface area (Å²) in [7, 11) is 0. The van der Waals surface area contributed by atoms with Gasteiger partial charge < -0.3 is 10.6 Å². The molecule has 2 rings (SSSR count). The molecule has 6 heteroatoms. The number of aromatic nitrogens is 2. The SMILES string of the molecule is CCC(C)Nc1cc(Nc2cc(Cl)cc(Cl)c2)nc(C)n1. The predicted octanol–water partition coefficient (Wildman–Crippen LogP) is 5.05. The second-order valence-corrected chi connectivity index (χ2v) is 5.80. The highest BCUT2D eigenvalue weighted by molar-refractivity contribution is 6.35. The van der Waals surface area contributed by atoms with Crippen molar-refractivity contribution < 1.29 is 0 Å². The van der Waals surface area contributed by atoms with Gasteiger partial charge in [0.25, 0.3) is 0 Å². The van der Waals surface area contributed by atoms with E-state index in [4.69, 9.17) is 23.2 Å². The zero-order valence-corrected chi connectivity index (χ0v) is 13.8. The van der Waals surface area contributed by atoms with Crippen LogP contribution < -0.4 is 10.6 Å². The smallest absolute Gasteiger partial charge is 0.136 e. The molecule has 1 heterocycles. The van der Waals surface area contributed by atoms with Gasteiger partial charge in [-0.05, 0) is 38.5 Å². The fraction of sp³-hybridized carbons (Fsp3) is 0.333. The Morgan fingerprint density at radius 2 is 1.67 bits per heavy atom. The van der Waals surface area contributed by atoms with E-state index in [1.165, 1.54) is 0 Å². The van der Waals surface area contributed by atoms with Crippen LogP contribution in [0.3, 0.4) is 0 Å². The van der Waals surface area contributed by atoms with E-state index < -0.39 is 0 Å². The van der Waals surface area contributed by atoms with Crippen molar-refractivity contribution in [2.24, 2.45) is 0 Å². The van der Waals surface area contributed by atoms with E-state index in [-0.39, 0.29) is 0 Å². The lowest BCUT2D eigenvalue weighted by atomic mass is 10.2. The monoisotopic (exact) mass is 324 g/mol. The standard InChI is InChI=1S/C15H18Cl2N4/c1-4-9(2)18-14-8-15(20-10(3)19-14)21-13-6-11(16)5-12(17)7-13/h5-9H,4H2,1-3H3,(H2,18,19,20,21). The minimum Gasteiger partial charge on any atom is -0.367 e. The number of nitrogens with zero attached hydrogens (tertiary/aromatic N) is 2. The van der Waals surface area contributed by atoms with Crippen LogP contribution in [0.5, 0.6) is 0 Å². The first-order chi connectivity index (χ1) is 9.96. The molecule has 0 aliphatic carbocycles. The molecule has 0 aliphatic heterocycles. The van der Waals surface area contributed by atoms with E-state index in [1.807, 2.05) is 13.0 Å². The summed E-state index contributed by atoms with van der Waals surface area (Å²) in [6.07, 6.45) is 1.02. The maximum absolute atomic E-state index is 6.00. The number of hydrogen-bond acceptors (Lipinski definition) is 4. The number of hydrogen-bond donors (Lipinski definition) is 2. The van der Waals surface area contributed by atoms with Crippen molar-refractivity contribution >= 4 is 40.5 Å². The van der Waals surface area contributed by atoms with Crippen LogP contribution >= 0.6 is 23.2 Å². The number of aryl methyl sites for hydroxylation is 1. The Labute approximate surface area is 134 Å². The molecule has 1 atom stereocenters. The van der Waals surface area contributed by atoms with E-state index in [0.717, 1.165) is 17.9 Å². The van der Waals surface area contributed by atoms with Gasteiger partial charge in [-0.2, -0.15) is 0 Å². The first-order valence-corrected chi connectivity index (χ1v) is 7.57. The van der Waals surface area contributed by atoms with Crippen LogP contribution in [0.2, 0.25) is 10.0 Å². The molecule has 1 unspecified atom stereocenters. The van der Waals surface area contributed by atoms with Gasteiger partial charge in [-0.1, -0.05) is 30.1 Å². The zero-order valence-electron chi connectivity index (χ0n) is 12.2. The van der Waals surface area contributed by atoms with Crippen LogP contribution in [0.15, 0.2) is 24.3 Å². The molecule has 0 bridgehead atoms. The Morgan fingerprint density at radius 1 is 1.05 bits per heavy atom. The van der Waals surface area contributed by atoms with Crippen molar-refractivity contribution in [2.75, 3.05) is 10.6 Å². The van der Waals surface area contributed by atoms with Gasteiger partial charge in [0.1, 0.15) is 17.5 Å². The van der Waals surface area contributed by atoms with E-state index >= 15 is 0 Å². The minimum absolute atomic E-state index is 0.354. The van der Waals surface area contributed by atoms with E-state index in [9.17, 15) is 0 Å². The molecule has 0 amide bonds. The van der Waals surface area contributed by atoms with Crippen molar-refractivity contribution in [3.05, 3.63) is 40.1 Å².